The Morgan fingerprint density at radius 2 is 2.00 bits per heavy atom. The van der Waals surface area contributed by atoms with Gasteiger partial charge in [-0.15, -0.1) is 0 Å². The fraction of sp³-hybridized carbons (Fsp3) is 0.235. The van der Waals surface area contributed by atoms with Crippen LogP contribution in [0.3, 0.4) is 0 Å². The predicted octanol–water partition coefficient (Wildman–Crippen LogP) is 4.22. The van der Waals surface area contributed by atoms with E-state index >= 15 is 0 Å². The monoisotopic (exact) mass is 352 g/mol. The third-order valence-corrected chi connectivity index (χ3v) is 3.98. The van der Waals surface area contributed by atoms with Crippen LogP contribution in [0, 0.1) is 11.6 Å². The molecule has 126 valence electrons. The van der Waals surface area contributed by atoms with Gasteiger partial charge in [-0.25, -0.2) is 13.6 Å². The maximum atomic E-state index is 13.8. The van der Waals surface area contributed by atoms with Gasteiger partial charge in [-0.1, -0.05) is 41.9 Å². The average molecular weight is 353 g/mol. The van der Waals surface area contributed by atoms with Crippen molar-refractivity contribution in [2.45, 2.75) is 6.10 Å². The molecular weight excluding hydrogens is 338 g/mol. The van der Waals surface area contributed by atoms with Crippen LogP contribution in [-0.4, -0.2) is 30.6 Å². The first-order valence-electron chi connectivity index (χ1n) is 7.41. The first-order chi connectivity index (χ1) is 11.5. The van der Waals surface area contributed by atoms with Gasteiger partial charge in [0, 0.05) is 11.6 Å². The van der Waals surface area contributed by atoms with Gasteiger partial charge in [0.2, 0.25) is 0 Å². The normalized spacial score (nSPS) is 17.6. The number of carbonyl (C=O) groups is 1. The molecule has 1 aliphatic heterocycles. The van der Waals surface area contributed by atoms with Crippen LogP contribution in [0.15, 0.2) is 42.5 Å². The van der Waals surface area contributed by atoms with Crippen LogP contribution in [0.5, 0.6) is 0 Å². The maximum absolute atomic E-state index is 13.8. The zero-order chi connectivity index (χ0) is 17.1. The summed E-state index contributed by atoms with van der Waals surface area (Å²) in [5, 5.41) is 2.37. The Balaban J connectivity index is 1.71. The predicted molar refractivity (Wildman–Crippen MR) is 87.1 cm³/mol. The molecule has 3 rings (SSSR count). The lowest BCUT2D eigenvalue weighted by atomic mass is 10.1. The summed E-state index contributed by atoms with van der Waals surface area (Å²) in [5.41, 5.74) is 0.669. The number of anilines is 1. The summed E-state index contributed by atoms with van der Waals surface area (Å²) in [6.45, 7) is 1.04. The van der Waals surface area contributed by atoms with Crippen molar-refractivity contribution in [3.05, 3.63) is 64.7 Å². The summed E-state index contributed by atoms with van der Waals surface area (Å²) in [4.78, 5) is 13.8. The smallest absolute Gasteiger partial charge is 0.322 e. The number of benzene rings is 2. The number of hydrogen-bond donors (Lipinski definition) is 1. The molecule has 0 radical (unpaired) electrons. The molecule has 0 saturated carbocycles. The van der Waals surface area contributed by atoms with Crippen LogP contribution in [0.2, 0.25) is 5.02 Å². The van der Waals surface area contributed by atoms with Crippen molar-refractivity contribution < 1.29 is 18.3 Å². The highest BCUT2D eigenvalue weighted by Gasteiger charge is 2.26. The second kappa shape index (κ2) is 7.15. The van der Waals surface area contributed by atoms with Gasteiger partial charge in [-0.2, -0.15) is 0 Å². The van der Waals surface area contributed by atoms with E-state index in [4.69, 9.17) is 16.3 Å². The second-order valence-corrected chi connectivity index (χ2v) is 5.83. The second-order valence-electron chi connectivity index (χ2n) is 5.40. The summed E-state index contributed by atoms with van der Waals surface area (Å²) in [7, 11) is 0. The minimum atomic E-state index is -1.14. The van der Waals surface area contributed by atoms with Gasteiger partial charge in [-0.3, -0.25) is 0 Å². The van der Waals surface area contributed by atoms with Crippen LogP contribution < -0.4 is 5.32 Å². The summed E-state index contributed by atoms with van der Waals surface area (Å²) in [6, 6.07) is 11.0. The molecule has 1 unspecified atom stereocenters. The summed E-state index contributed by atoms with van der Waals surface area (Å²) in [6.07, 6.45) is -0.258. The molecular formula is C17H15ClF2N2O2. The molecule has 1 atom stereocenters. The van der Waals surface area contributed by atoms with Gasteiger partial charge in [0.25, 0.3) is 0 Å². The number of hydrogen-bond acceptors (Lipinski definition) is 2. The lowest BCUT2D eigenvalue weighted by Gasteiger charge is -2.33. The third-order valence-electron chi connectivity index (χ3n) is 3.76. The van der Waals surface area contributed by atoms with E-state index in [0.29, 0.717) is 19.7 Å². The number of halogens is 3. The van der Waals surface area contributed by atoms with E-state index in [0.717, 1.165) is 11.6 Å². The average Bonchev–Trinajstić information content (AvgIpc) is 2.60. The van der Waals surface area contributed by atoms with E-state index in [1.807, 2.05) is 30.3 Å². The number of urea groups is 1. The SMILES string of the molecule is O=C(Nc1cc(Cl)cc(F)c1F)N1CCOC(c2ccccc2)C1. The van der Waals surface area contributed by atoms with Crippen molar-refractivity contribution >= 4 is 23.3 Å². The molecule has 1 saturated heterocycles. The maximum Gasteiger partial charge on any atom is 0.322 e. The Hall–Kier alpha value is -2.18. The van der Waals surface area contributed by atoms with Crippen molar-refractivity contribution in [2.75, 3.05) is 25.0 Å². The standard InChI is InChI=1S/C17H15ClF2N2O2/c18-12-8-13(19)16(20)14(9-12)21-17(23)22-6-7-24-15(10-22)11-4-2-1-3-5-11/h1-5,8-9,15H,6-7,10H2,(H,21,23). The van der Waals surface area contributed by atoms with Gasteiger partial charge < -0.3 is 15.0 Å². The Labute approximate surface area is 143 Å². The van der Waals surface area contributed by atoms with Crippen molar-refractivity contribution in [1.82, 2.24) is 4.90 Å². The van der Waals surface area contributed by atoms with E-state index in [-0.39, 0.29) is 16.8 Å². The highest BCUT2D eigenvalue weighted by atomic mass is 35.5. The molecule has 2 aromatic rings. The number of morpholine rings is 1. The Morgan fingerprint density at radius 3 is 2.75 bits per heavy atom. The van der Waals surface area contributed by atoms with Gasteiger partial charge in [-0.05, 0) is 17.7 Å². The van der Waals surface area contributed by atoms with Gasteiger partial charge >= 0.3 is 6.03 Å². The molecule has 1 fully saturated rings. The minimum absolute atomic E-state index is 0.00772. The summed E-state index contributed by atoms with van der Waals surface area (Å²) < 4.78 is 32.8. The number of rotatable bonds is 2. The molecule has 1 aliphatic rings. The Bertz CT molecular complexity index is 743. The van der Waals surface area contributed by atoms with Crippen LogP contribution in [0.4, 0.5) is 19.3 Å². The Morgan fingerprint density at radius 1 is 1.25 bits per heavy atom. The summed E-state index contributed by atoms with van der Waals surface area (Å²) in [5.74, 6) is -2.25. The fourth-order valence-electron chi connectivity index (χ4n) is 2.54. The van der Waals surface area contributed by atoms with Gasteiger partial charge in [0.05, 0.1) is 18.8 Å². The topological polar surface area (TPSA) is 41.6 Å². The van der Waals surface area contributed by atoms with Crippen LogP contribution in [0.1, 0.15) is 11.7 Å². The highest BCUT2D eigenvalue weighted by Crippen LogP contribution is 2.25. The molecule has 2 amide bonds. The quantitative estimate of drug-likeness (QED) is 0.822. The van der Waals surface area contributed by atoms with Gasteiger partial charge in [0.15, 0.2) is 11.6 Å². The van der Waals surface area contributed by atoms with Crippen molar-refractivity contribution in [2.24, 2.45) is 0 Å². The minimum Gasteiger partial charge on any atom is -0.370 e. The molecule has 0 aliphatic carbocycles. The lowest BCUT2D eigenvalue weighted by Crippen LogP contribution is -2.44. The van der Waals surface area contributed by atoms with Crippen LogP contribution in [0.25, 0.3) is 0 Å². The van der Waals surface area contributed by atoms with Crippen LogP contribution in [-0.2, 0) is 4.74 Å². The van der Waals surface area contributed by atoms with E-state index < -0.39 is 17.7 Å². The van der Waals surface area contributed by atoms with Crippen molar-refractivity contribution in [1.29, 1.82) is 0 Å². The van der Waals surface area contributed by atoms with E-state index in [1.54, 1.807) is 0 Å². The number of nitrogens with one attached hydrogen (secondary N) is 1. The molecule has 7 heteroatoms. The molecule has 24 heavy (non-hydrogen) atoms. The van der Waals surface area contributed by atoms with E-state index in [1.165, 1.54) is 11.0 Å². The lowest BCUT2D eigenvalue weighted by molar-refractivity contribution is -0.0135. The molecule has 4 nitrogen and oxygen atoms in total. The van der Waals surface area contributed by atoms with Crippen molar-refractivity contribution in [3.8, 4) is 0 Å². The Kier molecular flexibility index (Phi) is 4.97. The third kappa shape index (κ3) is 3.66. The zero-order valence-electron chi connectivity index (χ0n) is 12.6. The van der Waals surface area contributed by atoms with Crippen molar-refractivity contribution in [3.63, 3.8) is 0 Å². The molecule has 1 N–H and O–H groups in total. The molecule has 0 spiro atoms. The molecule has 1 heterocycles. The largest absolute Gasteiger partial charge is 0.370 e. The number of ether oxygens (including phenoxy) is 1. The number of nitrogens with zero attached hydrogens (tertiary/aromatic N) is 1. The van der Waals surface area contributed by atoms with E-state index in [9.17, 15) is 13.6 Å². The number of carbonyl (C=O) groups excluding carboxylic acids is 1. The van der Waals surface area contributed by atoms with Crippen LogP contribution >= 0.6 is 11.6 Å². The van der Waals surface area contributed by atoms with E-state index in [2.05, 4.69) is 5.32 Å². The highest BCUT2D eigenvalue weighted by molar-refractivity contribution is 6.30. The summed E-state index contributed by atoms with van der Waals surface area (Å²) >= 11 is 5.70. The first-order valence-corrected chi connectivity index (χ1v) is 7.79. The zero-order valence-corrected chi connectivity index (χ0v) is 13.4. The molecule has 0 bridgehead atoms. The van der Waals surface area contributed by atoms with Gasteiger partial charge in [0.1, 0.15) is 6.10 Å². The number of amides is 2. The molecule has 2 aromatic carbocycles. The first kappa shape index (κ1) is 16.7. The molecule has 0 aromatic heterocycles. The fourth-order valence-corrected chi connectivity index (χ4v) is 2.75.